The highest BCUT2D eigenvalue weighted by molar-refractivity contribution is 7.99. The number of thioether (sulfide) groups is 1. The minimum Gasteiger partial charge on any atom is -0.494 e. The second kappa shape index (κ2) is 7.40. The average molecular weight is 310 g/mol. The van der Waals surface area contributed by atoms with E-state index in [0.29, 0.717) is 11.3 Å². The standard InChI is InChI=1S/C15H16F2N2OS/c1-20-14-7-3-6-12(15(14)17)13(19-18)9-21-11-5-2-4-10(16)8-11/h2-8,13,19H,9,18H2,1H3. The van der Waals surface area contributed by atoms with Crippen molar-refractivity contribution < 1.29 is 13.5 Å². The molecule has 0 heterocycles. The number of nitrogens with one attached hydrogen (secondary N) is 1. The summed E-state index contributed by atoms with van der Waals surface area (Å²) in [5, 5.41) is 0. The summed E-state index contributed by atoms with van der Waals surface area (Å²) in [7, 11) is 1.41. The summed E-state index contributed by atoms with van der Waals surface area (Å²) in [4.78, 5) is 0.763. The van der Waals surface area contributed by atoms with E-state index in [9.17, 15) is 8.78 Å². The number of benzene rings is 2. The molecule has 0 aliphatic heterocycles. The van der Waals surface area contributed by atoms with E-state index in [4.69, 9.17) is 10.6 Å². The van der Waals surface area contributed by atoms with E-state index in [1.165, 1.54) is 31.0 Å². The lowest BCUT2D eigenvalue weighted by atomic mass is 10.1. The molecule has 0 fully saturated rings. The molecule has 21 heavy (non-hydrogen) atoms. The minimum atomic E-state index is -0.442. The van der Waals surface area contributed by atoms with Gasteiger partial charge in [0.25, 0.3) is 0 Å². The molecule has 1 atom stereocenters. The normalized spacial score (nSPS) is 12.2. The quantitative estimate of drug-likeness (QED) is 0.488. The van der Waals surface area contributed by atoms with Gasteiger partial charge in [-0.1, -0.05) is 18.2 Å². The molecule has 2 aromatic carbocycles. The van der Waals surface area contributed by atoms with Crippen molar-refractivity contribution in [2.75, 3.05) is 12.9 Å². The smallest absolute Gasteiger partial charge is 0.169 e. The molecule has 0 saturated carbocycles. The summed E-state index contributed by atoms with van der Waals surface area (Å²) in [6.07, 6.45) is 0. The van der Waals surface area contributed by atoms with Gasteiger partial charge >= 0.3 is 0 Å². The topological polar surface area (TPSA) is 47.3 Å². The van der Waals surface area contributed by atoms with Gasteiger partial charge in [-0.05, 0) is 24.3 Å². The van der Waals surface area contributed by atoms with E-state index >= 15 is 0 Å². The third-order valence-electron chi connectivity index (χ3n) is 3.00. The lowest BCUT2D eigenvalue weighted by Crippen LogP contribution is -2.30. The van der Waals surface area contributed by atoms with E-state index in [0.717, 1.165) is 4.90 Å². The van der Waals surface area contributed by atoms with Crippen LogP contribution in [-0.2, 0) is 0 Å². The summed E-state index contributed by atoms with van der Waals surface area (Å²) >= 11 is 1.39. The van der Waals surface area contributed by atoms with Gasteiger partial charge in [0.2, 0.25) is 0 Å². The van der Waals surface area contributed by atoms with E-state index in [1.807, 2.05) is 0 Å². The molecule has 0 amide bonds. The highest BCUT2D eigenvalue weighted by atomic mass is 32.2. The second-order valence-corrected chi connectivity index (χ2v) is 5.44. The zero-order valence-corrected chi connectivity index (χ0v) is 12.3. The van der Waals surface area contributed by atoms with Crippen LogP contribution in [0, 0.1) is 11.6 Å². The van der Waals surface area contributed by atoms with Gasteiger partial charge in [0.15, 0.2) is 11.6 Å². The van der Waals surface area contributed by atoms with Gasteiger partial charge in [-0.15, -0.1) is 11.8 Å². The number of methoxy groups -OCH3 is 1. The number of hydrogen-bond acceptors (Lipinski definition) is 4. The van der Waals surface area contributed by atoms with Crippen LogP contribution in [0.15, 0.2) is 47.4 Å². The highest BCUT2D eigenvalue weighted by Gasteiger charge is 2.17. The van der Waals surface area contributed by atoms with E-state index in [1.54, 1.807) is 30.3 Å². The summed E-state index contributed by atoms with van der Waals surface area (Å²) < 4.78 is 32.3. The Balaban J connectivity index is 2.13. The van der Waals surface area contributed by atoms with E-state index < -0.39 is 11.9 Å². The fraction of sp³-hybridized carbons (Fsp3) is 0.200. The molecule has 0 spiro atoms. The molecule has 3 nitrogen and oxygen atoms in total. The van der Waals surface area contributed by atoms with Crippen LogP contribution in [0.2, 0.25) is 0 Å². The SMILES string of the molecule is COc1cccc(C(CSc2cccc(F)c2)NN)c1F. The van der Waals surface area contributed by atoms with Gasteiger partial charge in [0, 0.05) is 16.2 Å². The first-order valence-electron chi connectivity index (χ1n) is 6.32. The maximum atomic E-state index is 14.2. The van der Waals surface area contributed by atoms with Crippen LogP contribution in [0.3, 0.4) is 0 Å². The van der Waals surface area contributed by atoms with Gasteiger partial charge < -0.3 is 4.74 Å². The molecule has 112 valence electrons. The van der Waals surface area contributed by atoms with Crippen molar-refractivity contribution in [2.45, 2.75) is 10.9 Å². The Labute approximate surface area is 126 Å². The third-order valence-corrected chi connectivity index (χ3v) is 4.09. The highest BCUT2D eigenvalue weighted by Crippen LogP contribution is 2.29. The number of nitrogens with two attached hydrogens (primary N) is 1. The largest absolute Gasteiger partial charge is 0.494 e. The average Bonchev–Trinajstić information content (AvgIpc) is 2.49. The van der Waals surface area contributed by atoms with Crippen molar-refractivity contribution in [3.63, 3.8) is 0 Å². The fourth-order valence-electron chi connectivity index (χ4n) is 1.92. The van der Waals surface area contributed by atoms with Crippen molar-refractivity contribution in [3.05, 3.63) is 59.7 Å². The Morgan fingerprint density at radius 1 is 1.24 bits per heavy atom. The zero-order chi connectivity index (χ0) is 15.2. The van der Waals surface area contributed by atoms with E-state index in [-0.39, 0.29) is 11.6 Å². The summed E-state index contributed by atoms with van der Waals surface area (Å²) in [5.74, 6) is 5.40. The Morgan fingerprint density at radius 2 is 2.00 bits per heavy atom. The van der Waals surface area contributed by atoms with Crippen molar-refractivity contribution in [1.29, 1.82) is 0 Å². The number of ether oxygens (including phenoxy) is 1. The van der Waals surface area contributed by atoms with Gasteiger partial charge in [-0.25, -0.2) is 8.78 Å². The lowest BCUT2D eigenvalue weighted by Gasteiger charge is -2.17. The molecule has 0 aliphatic carbocycles. The molecule has 1 unspecified atom stereocenters. The molecule has 2 rings (SSSR count). The van der Waals surface area contributed by atoms with E-state index in [2.05, 4.69) is 5.43 Å². The Hall–Kier alpha value is -1.63. The number of rotatable bonds is 6. The Kier molecular flexibility index (Phi) is 5.55. The third kappa shape index (κ3) is 3.93. The summed E-state index contributed by atoms with van der Waals surface area (Å²) in [5.41, 5.74) is 3.00. The fourth-order valence-corrected chi connectivity index (χ4v) is 2.92. The monoisotopic (exact) mass is 310 g/mol. The van der Waals surface area contributed by atoms with Crippen LogP contribution in [0.1, 0.15) is 11.6 Å². The molecule has 6 heteroatoms. The number of hydrazine groups is 1. The maximum absolute atomic E-state index is 14.2. The summed E-state index contributed by atoms with van der Waals surface area (Å²) in [6.45, 7) is 0. The van der Waals surface area contributed by atoms with Gasteiger partial charge in [-0.2, -0.15) is 0 Å². The van der Waals surface area contributed by atoms with Crippen LogP contribution in [0.4, 0.5) is 8.78 Å². The first-order valence-corrected chi connectivity index (χ1v) is 7.31. The molecule has 0 radical (unpaired) electrons. The number of halogens is 2. The first-order chi connectivity index (χ1) is 10.2. The molecule has 0 aromatic heterocycles. The van der Waals surface area contributed by atoms with Crippen LogP contribution < -0.4 is 16.0 Å². The van der Waals surface area contributed by atoms with Crippen molar-refractivity contribution in [1.82, 2.24) is 5.43 Å². The second-order valence-electron chi connectivity index (χ2n) is 4.35. The molecule has 0 bridgehead atoms. The van der Waals surface area contributed by atoms with Crippen molar-refractivity contribution in [3.8, 4) is 5.75 Å². The summed E-state index contributed by atoms with van der Waals surface area (Å²) in [6, 6.07) is 10.7. The predicted octanol–water partition coefficient (Wildman–Crippen LogP) is 3.27. The Morgan fingerprint density at radius 3 is 2.67 bits per heavy atom. The van der Waals surface area contributed by atoms with Crippen LogP contribution in [0.5, 0.6) is 5.75 Å². The lowest BCUT2D eigenvalue weighted by molar-refractivity contribution is 0.381. The molecule has 0 aliphatic rings. The molecule has 2 aromatic rings. The van der Waals surface area contributed by atoms with Crippen LogP contribution in [0.25, 0.3) is 0 Å². The van der Waals surface area contributed by atoms with Crippen molar-refractivity contribution >= 4 is 11.8 Å². The van der Waals surface area contributed by atoms with Gasteiger partial charge in [-0.3, -0.25) is 11.3 Å². The predicted molar refractivity (Wildman–Crippen MR) is 80.1 cm³/mol. The van der Waals surface area contributed by atoms with Crippen LogP contribution >= 0.6 is 11.8 Å². The molecular formula is C15H16F2N2OS. The van der Waals surface area contributed by atoms with Crippen LogP contribution in [-0.4, -0.2) is 12.9 Å². The Bertz CT molecular complexity index is 610. The maximum Gasteiger partial charge on any atom is 0.169 e. The first kappa shape index (κ1) is 15.8. The van der Waals surface area contributed by atoms with Gasteiger partial charge in [0.1, 0.15) is 5.82 Å². The molecule has 3 N–H and O–H groups in total. The number of hydrogen-bond donors (Lipinski definition) is 2. The van der Waals surface area contributed by atoms with Crippen molar-refractivity contribution in [2.24, 2.45) is 5.84 Å². The molecular weight excluding hydrogens is 294 g/mol. The molecule has 0 saturated heterocycles. The zero-order valence-electron chi connectivity index (χ0n) is 11.5. The van der Waals surface area contributed by atoms with Gasteiger partial charge in [0.05, 0.1) is 13.2 Å². The minimum absolute atomic E-state index is 0.170.